The quantitative estimate of drug-likeness (QED) is 0.693. The molecule has 0 aliphatic heterocycles. The molecule has 110 valence electrons. The molecular weight excluding hydrogens is 256 g/mol. The summed E-state index contributed by atoms with van der Waals surface area (Å²) in [5.41, 5.74) is 4.10. The second kappa shape index (κ2) is 5.19. The minimum atomic E-state index is 0.308. The van der Waals surface area contributed by atoms with Crippen LogP contribution in [0.1, 0.15) is 38.8 Å². The average Bonchev–Trinajstić information content (AvgIpc) is 2.81. The largest absolute Gasteiger partial charge is 0.355 e. The van der Waals surface area contributed by atoms with Crippen LogP contribution in [0.5, 0.6) is 0 Å². The monoisotopic (exact) mass is 280 g/mol. The van der Waals surface area contributed by atoms with Gasteiger partial charge in [-0.05, 0) is 42.6 Å². The Hall–Kier alpha value is -1.80. The van der Waals surface area contributed by atoms with Crippen LogP contribution >= 0.6 is 0 Å². The molecule has 21 heavy (non-hydrogen) atoms. The summed E-state index contributed by atoms with van der Waals surface area (Å²) in [5.74, 6) is 0. The molecule has 0 aliphatic carbocycles. The minimum Gasteiger partial charge on any atom is -0.355 e. The van der Waals surface area contributed by atoms with Crippen molar-refractivity contribution >= 4 is 21.8 Å². The summed E-state index contributed by atoms with van der Waals surface area (Å²) >= 11 is 0. The summed E-state index contributed by atoms with van der Waals surface area (Å²) in [6.07, 6.45) is 1.12. The first-order valence-electron chi connectivity index (χ1n) is 7.65. The fourth-order valence-electron chi connectivity index (χ4n) is 3.08. The lowest BCUT2D eigenvalue weighted by Crippen LogP contribution is -2.22. The molecular formula is C19H24N2. The standard InChI is InChI=1S/C19H24N2/c1-19(2,3)12-18(20-4)13-9-10-17-15(11-13)14-7-5-6-8-16(14)21-17/h5-11,18,20-21H,12H2,1-4H3. The lowest BCUT2D eigenvalue weighted by molar-refractivity contribution is 0.321. The molecule has 2 aromatic carbocycles. The topological polar surface area (TPSA) is 27.8 Å². The van der Waals surface area contributed by atoms with Crippen LogP contribution in [-0.4, -0.2) is 12.0 Å². The van der Waals surface area contributed by atoms with E-state index >= 15 is 0 Å². The van der Waals surface area contributed by atoms with Gasteiger partial charge in [-0.15, -0.1) is 0 Å². The Morgan fingerprint density at radius 3 is 2.43 bits per heavy atom. The van der Waals surface area contributed by atoms with Gasteiger partial charge in [0.2, 0.25) is 0 Å². The highest BCUT2D eigenvalue weighted by atomic mass is 14.9. The maximum absolute atomic E-state index is 3.49. The number of hydrogen-bond donors (Lipinski definition) is 2. The van der Waals surface area contributed by atoms with Crippen molar-refractivity contribution < 1.29 is 0 Å². The van der Waals surface area contributed by atoms with Gasteiger partial charge in [0.15, 0.2) is 0 Å². The number of benzene rings is 2. The molecule has 2 nitrogen and oxygen atoms in total. The van der Waals surface area contributed by atoms with Crippen molar-refractivity contribution in [2.24, 2.45) is 5.41 Å². The van der Waals surface area contributed by atoms with Gasteiger partial charge in [-0.3, -0.25) is 0 Å². The first-order chi connectivity index (χ1) is 9.98. The van der Waals surface area contributed by atoms with Crippen LogP contribution < -0.4 is 5.32 Å². The summed E-state index contributed by atoms with van der Waals surface area (Å²) < 4.78 is 0. The highest BCUT2D eigenvalue weighted by Gasteiger charge is 2.19. The molecule has 1 atom stereocenters. The third-order valence-corrected chi connectivity index (χ3v) is 4.10. The van der Waals surface area contributed by atoms with E-state index < -0.39 is 0 Å². The van der Waals surface area contributed by atoms with E-state index in [0.29, 0.717) is 11.5 Å². The molecule has 0 amide bonds. The number of aromatic nitrogens is 1. The second-order valence-electron chi connectivity index (χ2n) is 7.08. The van der Waals surface area contributed by atoms with E-state index in [4.69, 9.17) is 0 Å². The van der Waals surface area contributed by atoms with E-state index in [2.05, 4.69) is 80.6 Å². The maximum Gasteiger partial charge on any atom is 0.0465 e. The third-order valence-electron chi connectivity index (χ3n) is 4.10. The Balaban J connectivity index is 2.09. The SMILES string of the molecule is CNC(CC(C)(C)C)c1ccc2[nH]c3ccccc3c2c1. The smallest absolute Gasteiger partial charge is 0.0465 e. The molecule has 1 unspecified atom stereocenters. The molecule has 0 radical (unpaired) electrons. The number of hydrogen-bond acceptors (Lipinski definition) is 1. The number of rotatable bonds is 3. The van der Waals surface area contributed by atoms with Crippen molar-refractivity contribution in [3.05, 3.63) is 48.0 Å². The molecule has 1 aromatic heterocycles. The van der Waals surface area contributed by atoms with Gasteiger partial charge >= 0.3 is 0 Å². The summed E-state index contributed by atoms with van der Waals surface area (Å²) in [7, 11) is 2.05. The van der Waals surface area contributed by atoms with E-state index in [9.17, 15) is 0 Å². The molecule has 1 heterocycles. The van der Waals surface area contributed by atoms with Crippen LogP contribution in [0.25, 0.3) is 21.8 Å². The Morgan fingerprint density at radius 1 is 1.00 bits per heavy atom. The Morgan fingerprint density at radius 2 is 1.71 bits per heavy atom. The van der Waals surface area contributed by atoms with Crippen LogP contribution in [0.3, 0.4) is 0 Å². The van der Waals surface area contributed by atoms with Gasteiger partial charge in [-0.25, -0.2) is 0 Å². The van der Waals surface area contributed by atoms with Gasteiger partial charge in [0, 0.05) is 27.8 Å². The van der Waals surface area contributed by atoms with Gasteiger partial charge in [0.1, 0.15) is 0 Å². The zero-order valence-electron chi connectivity index (χ0n) is 13.3. The Labute approximate surface area is 126 Å². The van der Waals surface area contributed by atoms with Crippen LogP contribution in [-0.2, 0) is 0 Å². The molecule has 0 aliphatic rings. The van der Waals surface area contributed by atoms with Gasteiger partial charge in [0.25, 0.3) is 0 Å². The minimum absolute atomic E-state index is 0.308. The summed E-state index contributed by atoms with van der Waals surface area (Å²) in [6.45, 7) is 6.88. The number of para-hydroxylation sites is 1. The predicted molar refractivity (Wildman–Crippen MR) is 91.7 cm³/mol. The molecule has 0 saturated heterocycles. The molecule has 0 bridgehead atoms. The summed E-state index contributed by atoms with van der Waals surface area (Å²) in [5, 5.41) is 6.09. The number of H-pyrrole nitrogens is 1. The second-order valence-corrected chi connectivity index (χ2v) is 7.08. The fourth-order valence-corrected chi connectivity index (χ4v) is 3.08. The van der Waals surface area contributed by atoms with E-state index in [-0.39, 0.29) is 0 Å². The van der Waals surface area contributed by atoms with Crippen LogP contribution in [0.15, 0.2) is 42.5 Å². The average molecular weight is 280 g/mol. The number of fused-ring (bicyclic) bond motifs is 3. The van der Waals surface area contributed by atoms with Crippen molar-refractivity contribution in [1.29, 1.82) is 0 Å². The molecule has 0 fully saturated rings. The highest BCUT2D eigenvalue weighted by molar-refractivity contribution is 6.07. The van der Waals surface area contributed by atoms with Crippen molar-refractivity contribution in [2.45, 2.75) is 33.2 Å². The maximum atomic E-state index is 3.49. The molecule has 2 heteroatoms. The molecule has 3 aromatic rings. The first-order valence-corrected chi connectivity index (χ1v) is 7.65. The van der Waals surface area contributed by atoms with E-state index in [1.54, 1.807) is 0 Å². The van der Waals surface area contributed by atoms with Crippen LogP contribution in [0.2, 0.25) is 0 Å². The van der Waals surface area contributed by atoms with E-state index in [0.717, 1.165) is 6.42 Å². The zero-order chi connectivity index (χ0) is 15.0. The lowest BCUT2D eigenvalue weighted by Gasteiger charge is -2.26. The van der Waals surface area contributed by atoms with Crippen LogP contribution in [0.4, 0.5) is 0 Å². The van der Waals surface area contributed by atoms with Crippen molar-refractivity contribution in [3.63, 3.8) is 0 Å². The van der Waals surface area contributed by atoms with Gasteiger partial charge < -0.3 is 10.3 Å². The van der Waals surface area contributed by atoms with Crippen LogP contribution in [0, 0.1) is 5.41 Å². The molecule has 0 saturated carbocycles. The highest BCUT2D eigenvalue weighted by Crippen LogP contribution is 2.32. The predicted octanol–water partition coefficient (Wildman–Crippen LogP) is 5.02. The number of nitrogens with one attached hydrogen (secondary N) is 2. The lowest BCUT2D eigenvalue weighted by atomic mass is 9.85. The Bertz CT molecular complexity index is 762. The van der Waals surface area contributed by atoms with Gasteiger partial charge in [-0.2, -0.15) is 0 Å². The fraction of sp³-hybridized carbons (Fsp3) is 0.368. The molecule has 0 spiro atoms. The van der Waals surface area contributed by atoms with Gasteiger partial charge in [0.05, 0.1) is 0 Å². The molecule has 3 rings (SSSR count). The third kappa shape index (κ3) is 2.81. The van der Waals surface area contributed by atoms with Gasteiger partial charge in [-0.1, -0.05) is 45.0 Å². The summed E-state index contributed by atoms with van der Waals surface area (Å²) in [4.78, 5) is 3.49. The number of aromatic amines is 1. The Kier molecular flexibility index (Phi) is 3.50. The van der Waals surface area contributed by atoms with Crippen molar-refractivity contribution in [3.8, 4) is 0 Å². The van der Waals surface area contributed by atoms with Crippen molar-refractivity contribution in [1.82, 2.24) is 10.3 Å². The normalized spacial score (nSPS) is 13.9. The van der Waals surface area contributed by atoms with E-state index in [1.807, 2.05) is 0 Å². The first kappa shape index (κ1) is 14.2. The molecule has 2 N–H and O–H groups in total. The zero-order valence-corrected chi connectivity index (χ0v) is 13.3. The van der Waals surface area contributed by atoms with Crippen molar-refractivity contribution in [2.75, 3.05) is 7.05 Å². The van der Waals surface area contributed by atoms with E-state index in [1.165, 1.54) is 27.4 Å². The summed E-state index contributed by atoms with van der Waals surface area (Å²) in [6, 6.07) is 15.7.